The average Bonchev–Trinajstić information content (AvgIpc) is 3.45. The van der Waals surface area contributed by atoms with Crippen molar-refractivity contribution in [2.24, 2.45) is 5.10 Å². The van der Waals surface area contributed by atoms with Gasteiger partial charge in [0.15, 0.2) is 17.1 Å². The van der Waals surface area contributed by atoms with Crippen molar-refractivity contribution < 1.29 is 33.2 Å². The quantitative estimate of drug-likeness (QED) is 0.232. The summed E-state index contributed by atoms with van der Waals surface area (Å²) < 4.78 is 16.3. The van der Waals surface area contributed by atoms with Gasteiger partial charge in [0.1, 0.15) is 11.5 Å². The lowest BCUT2D eigenvalue weighted by molar-refractivity contribution is -0.384. The van der Waals surface area contributed by atoms with Crippen LogP contribution < -0.4 is 10.2 Å². The maximum absolute atomic E-state index is 12.4. The largest absolute Gasteiger partial charge is 0.493 e. The Kier molecular flexibility index (Phi) is 5.83. The number of nitro groups is 1. The van der Waals surface area contributed by atoms with Crippen molar-refractivity contribution in [3.63, 3.8) is 0 Å². The number of rotatable bonds is 7. The summed E-state index contributed by atoms with van der Waals surface area (Å²) in [4.78, 5) is 34.0. The summed E-state index contributed by atoms with van der Waals surface area (Å²) in [6.07, 6.45) is 1.29. The van der Waals surface area contributed by atoms with Crippen LogP contribution in [0.2, 0.25) is 0 Å². The predicted molar refractivity (Wildman–Crippen MR) is 120 cm³/mol. The van der Waals surface area contributed by atoms with Crippen LogP contribution in [-0.2, 0) is 0 Å². The first kappa shape index (κ1) is 22.3. The van der Waals surface area contributed by atoms with E-state index in [-0.39, 0.29) is 28.3 Å². The lowest BCUT2D eigenvalue weighted by Gasteiger charge is -2.03. The molecule has 0 saturated heterocycles. The van der Waals surface area contributed by atoms with Crippen LogP contribution in [0.25, 0.3) is 22.3 Å². The molecule has 0 aliphatic heterocycles. The number of hydrogen-bond acceptors (Lipinski definition) is 8. The maximum Gasteiger partial charge on any atom is 0.335 e. The van der Waals surface area contributed by atoms with E-state index in [0.717, 1.165) is 11.1 Å². The number of fused-ring (bicyclic) bond motifs is 1. The minimum atomic E-state index is -1.02. The number of aromatic carboxylic acids is 1. The van der Waals surface area contributed by atoms with E-state index < -0.39 is 16.8 Å². The number of carboxylic acid groups (broad SMARTS) is 1. The van der Waals surface area contributed by atoms with E-state index in [1.807, 2.05) is 0 Å². The molecule has 0 aliphatic rings. The third kappa shape index (κ3) is 4.35. The number of benzene rings is 2. The summed E-state index contributed by atoms with van der Waals surface area (Å²) in [5.41, 5.74) is 3.92. The van der Waals surface area contributed by atoms with Gasteiger partial charge in [-0.2, -0.15) is 5.10 Å². The van der Waals surface area contributed by atoms with E-state index in [4.69, 9.17) is 18.7 Å². The number of nitro benzene ring substituents is 1. The molecule has 0 saturated carbocycles. The number of methoxy groups -OCH3 is 1. The normalized spacial score (nSPS) is 11.1. The highest BCUT2D eigenvalue weighted by molar-refractivity contribution is 5.98. The van der Waals surface area contributed by atoms with Crippen LogP contribution >= 0.6 is 0 Å². The molecule has 1 amide bonds. The predicted octanol–water partition coefficient (Wildman–Crippen LogP) is 4.38. The number of aryl methyl sites for hydroxylation is 1. The van der Waals surface area contributed by atoms with Gasteiger partial charge in [0.25, 0.3) is 5.69 Å². The standard InChI is InChI=1S/C23H17N3O8/c1-12-7-13(23(28)29)3-5-17(12)18-6-4-16(33-18)11-24-25-22(27)20-9-14-8-15(26(30)31)10-19(32-2)21(14)34-20/h3-11H,1-2H3,(H,25,27)(H,28,29)/b24-11-. The van der Waals surface area contributed by atoms with Gasteiger partial charge in [-0.15, -0.1) is 0 Å². The van der Waals surface area contributed by atoms with Crippen molar-refractivity contribution >= 4 is 34.7 Å². The summed E-state index contributed by atoms with van der Waals surface area (Å²) in [6, 6.07) is 11.9. The van der Waals surface area contributed by atoms with E-state index in [2.05, 4.69) is 10.5 Å². The number of furan rings is 2. The number of carbonyl (C=O) groups excluding carboxylic acids is 1. The summed E-state index contributed by atoms with van der Waals surface area (Å²) in [5.74, 6) is -0.823. The second-order valence-electron chi connectivity index (χ2n) is 7.17. The minimum Gasteiger partial charge on any atom is -0.493 e. The lowest BCUT2D eigenvalue weighted by atomic mass is 10.0. The number of hydrazone groups is 1. The fourth-order valence-corrected chi connectivity index (χ4v) is 3.32. The van der Waals surface area contributed by atoms with Crippen LogP contribution in [0.3, 0.4) is 0 Å². The van der Waals surface area contributed by atoms with Gasteiger partial charge in [-0.25, -0.2) is 10.2 Å². The highest BCUT2D eigenvalue weighted by Crippen LogP contribution is 2.33. The number of nitrogens with one attached hydrogen (secondary N) is 1. The second kappa shape index (κ2) is 8.90. The first-order valence-electron chi connectivity index (χ1n) is 9.80. The molecule has 2 aromatic carbocycles. The highest BCUT2D eigenvalue weighted by atomic mass is 16.6. The van der Waals surface area contributed by atoms with E-state index in [1.165, 1.54) is 37.6 Å². The number of carbonyl (C=O) groups is 2. The van der Waals surface area contributed by atoms with Gasteiger partial charge in [-0.3, -0.25) is 14.9 Å². The molecule has 2 aromatic heterocycles. The summed E-state index contributed by atoms with van der Waals surface area (Å²) in [6.45, 7) is 1.77. The Morgan fingerprint density at radius 2 is 1.94 bits per heavy atom. The van der Waals surface area contributed by atoms with Crippen LogP contribution in [0.15, 0.2) is 62.5 Å². The van der Waals surface area contributed by atoms with Gasteiger partial charge >= 0.3 is 11.9 Å². The molecule has 11 nitrogen and oxygen atoms in total. The Labute approximate surface area is 191 Å². The van der Waals surface area contributed by atoms with Crippen LogP contribution in [0.5, 0.6) is 5.75 Å². The number of ether oxygens (including phenoxy) is 1. The van der Waals surface area contributed by atoms with E-state index in [9.17, 15) is 19.7 Å². The van der Waals surface area contributed by atoms with Crippen LogP contribution in [0, 0.1) is 17.0 Å². The maximum atomic E-state index is 12.4. The third-order valence-electron chi connectivity index (χ3n) is 4.94. The Hall–Kier alpha value is -4.93. The summed E-state index contributed by atoms with van der Waals surface area (Å²) in [5, 5.41) is 24.3. The molecular formula is C23H17N3O8. The third-order valence-corrected chi connectivity index (χ3v) is 4.94. The van der Waals surface area contributed by atoms with Crippen molar-refractivity contribution in [1.29, 1.82) is 0 Å². The summed E-state index contributed by atoms with van der Waals surface area (Å²) >= 11 is 0. The van der Waals surface area contributed by atoms with Crippen LogP contribution in [0.1, 0.15) is 32.2 Å². The topological polar surface area (TPSA) is 157 Å². The molecule has 0 bridgehead atoms. The van der Waals surface area contributed by atoms with Crippen molar-refractivity contribution in [3.8, 4) is 17.1 Å². The number of amides is 1. The molecular weight excluding hydrogens is 446 g/mol. The zero-order chi connectivity index (χ0) is 24.4. The molecule has 0 radical (unpaired) electrons. The van der Waals surface area contributed by atoms with Crippen molar-refractivity contribution in [3.05, 3.63) is 81.3 Å². The lowest BCUT2D eigenvalue weighted by Crippen LogP contribution is -2.16. The SMILES string of the molecule is COc1cc([N+](=O)[O-])cc2cc(C(=O)N/N=C\c3ccc(-c4ccc(C(=O)O)cc4C)o3)oc12. The Morgan fingerprint density at radius 3 is 2.62 bits per heavy atom. The molecule has 0 unspecified atom stereocenters. The summed E-state index contributed by atoms with van der Waals surface area (Å²) in [7, 11) is 1.34. The highest BCUT2D eigenvalue weighted by Gasteiger charge is 2.19. The van der Waals surface area contributed by atoms with Gasteiger partial charge in [0.05, 0.1) is 29.9 Å². The van der Waals surface area contributed by atoms with Gasteiger partial charge in [0, 0.05) is 17.0 Å². The van der Waals surface area contributed by atoms with Gasteiger partial charge in [-0.1, -0.05) is 6.07 Å². The zero-order valence-corrected chi connectivity index (χ0v) is 17.9. The molecule has 0 aliphatic carbocycles. The molecule has 2 heterocycles. The smallest absolute Gasteiger partial charge is 0.335 e. The second-order valence-corrected chi connectivity index (χ2v) is 7.17. The van der Waals surface area contributed by atoms with E-state index >= 15 is 0 Å². The minimum absolute atomic E-state index is 0.111. The van der Waals surface area contributed by atoms with Gasteiger partial charge in [-0.05, 0) is 42.8 Å². The van der Waals surface area contributed by atoms with Crippen molar-refractivity contribution in [1.82, 2.24) is 5.43 Å². The number of carboxylic acids is 1. The number of nitrogens with zero attached hydrogens (tertiary/aromatic N) is 2. The molecule has 34 heavy (non-hydrogen) atoms. The fraction of sp³-hybridized carbons (Fsp3) is 0.0870. The molecule has 4 rings (SSSR count). The average molecular weight is 463 g/mol. The van der Waals surface area contributed by atoms with E-state index in [0.29, 0.717) is 16.9 Å². The molecule has 2 N–H and O–H groups in total. The monoisotopic (exact) mass is 463 g/mol. The van der Waals surface area contributed by atoms with E-state index in [1.54, 1.807) is 31.2 Å². The van der Waals surface area contributed by atoms with Crippen molar-refractivity contribution in [2.45, 2.75) is 6.92 Å². The first-order valence-corrected chi connectivity index (χ1v) is 9.80. The van der Waals surface area contributed by atoms with Crippen LogP contribution in [0.4, 0.5) is 5.69 Å². The Balaban J connectivity index is 1.49. The molecule has 4 aromatic rings. The van der Waals surface area contributed by atoms with Crippen molar-refractivity contribution in [2.75, 3.05) is 7.11 Å². The molecule has 0 atom stereocenters. The number of hydrogen-bond donors (Lipinski definition) is 2. The molecule has 0 spiro atoms. The zero-order valence-electron chi connectivity index (χ0n) is 17.9. The Morgan fingerprint density at radius 1 is 1.15 bits per heavy atom. The van der Waals surface area contributed by atoms with Crippen LogP contribution in [-0.4, -0.2) is 35.2 Å². The Bertz CT molecular complexity index is 1460. The van der Waals surface area contributed by atoms with Gasteiger partial charge < -0.3 is 18.7 Å². The number of non-ortho nitro benzene ring substituents is 1. The van der Waals surface area contributed by atoms with Gasteiger partial charge in [0.2, 0.25) is 0 Å². The molecule has 172 valence electrons. The molecule has 11 heteroatoms. The first-order chi connectivity index (χ1) is 16.3. The molecule has 0 fully saturated rings. The fourth-order valence-electron chi connectivity index (χ4n) is 3.32.